The summed E-state index contributed by atoms with van der Waals surface area (Å²) in [5.74, 6) is 0. The van der Waals surface area contributed by atoms with Crippen molar-refractivity contribution in [2.24, 2.45) is 5.73 Å². The Hall–Kier alpha value is -0.650. The molecular weight excluding hydrogens is 298 g/mol. The predicted octanol–water partition coefficient (Wildman–Crippen LogP) is 3.53. The van der Waals surface area contributed by atoms with Gasteiger partial charge in [-0.25, -0.2) is 0 Å². The van der Waals surface area contributed by atoms with Crippen molar-refractivity contribution in [2.75, 3.05) is 0 Å². The molecule has 0 aliphatic heterocycles. The number of halogens is 1. The second-order valence-electron chi connectivity index (χ2n) is 4.36. The minimum atomic E-state index is -0.0242. The Bertz CT molecular complexity index is 476. The molecule has 0 aliphatic rings. The van der Waals surface area contributed by atoms with Crippen LogP contribution >= 0.6 is 27.3 Å². The number of aromatic nitrogens is 2. The lowest BCUT2D eigenvalue weighted by Gasteiger charge is -2.17. The summed E-state index contributed by atoms with van der Waals surface area (Å²) in [6, 6.07) is 2.42. The third-order valence-electron chi connectivity index (χ3n) is 2.66. The van der Waals surface area contributed by atoms with Gasteiger partial charge in [-0.05, 0) is 58.6 Å². The van der Waals surface area contributed by atoms with Crippen LogP contribution in [0.2, 0.25) is 0 Å². The molecule has 3 nitrogen and oxygen atoms in total. The molecule has 1 atom stereocenters. The summed E-state index contributed by atoms with van der Waals surface area (Å²) in [7, 11) is 0. The number of hydrogen-bond acceptors (Lipinski definition) is 3. The lowest BCUT2D eigenvalue weighted by atomic mass is 10.1. The molecule has 0 amide bonds. The Morgan fingerprint density at radius 2 is 2.29 bits per heavy atom. The molecule has 2 aromatic rings. The van der Waals surface area contributed by atoms with Crippen LogP contribution in [0.25, 0.3) is 0 Å². The van der Waals surface area contributed by atoms with Gasteiger partial charge in [-0.2, -0.15) is 16.4 Å². The first-order valence-electron chi connectivity index (χ1n) is 5.59. The molecule has 17 heavy (non-hydrogen) atoms. The van der Waals surface area contributed by atoms with Crippen LogP contribution < -0.4 is 5.73 Å². The topological polar surface area (TPSA) is 43.8 Å². The van der Waals surface area contributed by atoms with E-state index in [0.29, 0.717) is 6.04 Å². The van der Waals surface area contributed by atoms with Crippen molar-refractivity contribution in [1.82, 2.24) is 9.78 Å². The van der Waals surface area contributed by atoms with E-state index in [2.05, 4.69) is 51.7 Å². The largest absolute Gasteiger partial charge is 0.322 e. The zero-order chi connectivity index (χ0) is 12.4. The zero-order valence-corrected chi connectivity index (χ0v) is 12.3. The molecule has 0 spiro atoms. The zero-order valence-electron chi connectivity index (χ0n) is 9.93. The van der Waals surface area contributed by atoms with Crippen LogP contribution in [0.4, 0.5) is 0 Å². The van der Waals surface area contributed by atoms with E-state index in [1.54, 1.807) is 11.3 Å². The smallest absolute Gasteiger partial charge is 0.0699 e. The summed E-state index contributed by atoms with van der Waals surface area (Å²) >= 11 is 5.23. The van der Waals surface area contributed by atoms with Crippen molar-refractivity contribution >= 4 is 27.3 Å². The third-order valence-corrected chi connectivity index (χ3v) is 4.01. The van der Waals surface area contributed by atoms with Crippen molar-refractivity contribution in [2.45, 2.75) is 32.4 Å². The molecule has 2 rings (SSSR count). The van der Waals surface area contributed by atoms with Gasteiger partial charge in [0.2, 0.25) is 0 Å². The van der Waals surface area contributed by atoms with E-state index in [4.69, 9.17) is 5.73 Å². The van der Waals surface area contributed by atoms with Crippen LogP contribution in [0.5, 0.6) is 0 Å². The molecule has 0 saturated heterocycles. The fourth-order valence-electron chi connectivity index (χ4n) is 1.87. The highest BCUT2D eigenvalue weighted by molar-refractivity contribution is 9.10. The van der Waals surface area contributed by atoms with Crippen molar-refractivity contribution in [3.63, 3.8) is 0 Å². The van der Waals surface area contributed by atoms with Crippen molar-refractivity contribution in [3.8, 4) is 0 Å². The monoisotopic (exact) mass is 313 g/mol. The summed E-state index contributed by atoms with van der Waals surface area (Å²) in [5.41, 5.74) is 8.64. The quantitative estimate of drug-likeness (QED) is 0.938. The fourth-order valence-corrected chi connectivity index (χ4v) is 3.12. The predicted molar refractivity (Wildman–Crippen MR) is 75.3 cm³/mol. The molecule has 2 heterocycles. The van der Waals surface area contributed by atoms with Gasteiger partial charge in [-0.1, -0.05) is 0 Å². The average Bonchev–Trinajstić information content (AvgIpc) is 2.86. The molecule has 0 saturated carbocycles. The first kappa shape index (κ1) is 12.8. The number of nitrogens with zero attached hydrogens (tertiary/aromatic N) is 2. The highest BCUT2D eigenvalue weighted by Gasteiger charge is 2.18. The Balaban J connectivity index is 2.24. The Morgan fingerprint density at radius 3 is 2.88 bits per heavy atom. The molecule has 92 valence electrons. The molecule has 1 unspecified atom stereocenters. The maximum atomic E-state index is 6.28. The second-order valence-corrected chi connectivity index (χ2v) is 5.99. The number of thiophene rings is 1. The van der Waals surface area contributed by atoms with E-state index in [1.165, 1.54) is 5.56 Å². The summed E-state index contributed by atoms with van der Waals surface area (Å²) in [4.78, 5) is 0. The standard InChI is InChI=1S/C12H16BrN3S/c1-8(2)16-12(10(13)6-15-16)11(14)5-9-3-4-17-7-9/h3-4,6-8,11H,5,14H2,1-2H3. The SMILES string of the molecule is CC(C)n1ncc(Br)c1C(N)Cc1ccsc1. The van der Waals surface area contributed by atoms with E-state index in [1.807, 2.05) is 10.9 Å². The first-order chi connectivity index (χ1) is 8.09. The second kappa shape index (κ2) is 5.33. The minimum absolute atomic E-state index is 0.0242. The van der Waals surface area contributed by atoms with Crippen molar-refractivity contribution < 1.29 is 0 Å². The van der Waals surface area contributed by atoms with Gasteiger partial charge in [-0.15, -0.1) is 0 Å². The highest BCUT2D eigenvalue weighted by Crippen LogP contribution is 2.27. The molecule has 2 N–H and O–H groups in total. The van der Waals surface area contributed by atoms with Gasteiger partial charge in [0.25, 0.3) is 0 Å². The number of hydrogen-bond donors (Lipinski definition) is 1. The van der Waals surface area contributed by atoms with Gasteiger partial charge in [0.1, 0.15) is 0 Å². The van der Waals surface area contributed by atoms with Crippen molar-refractivity contribution in [1.29, 1.82) is 0 Å². The van der Waals surface area contributed by atoms with E-state index < -0.39 is 0 Å². The summed E-state index contributed by atoms with van der Waals surface area (Å²) < 4.78 is 2.98. The lowest BCUT2D eigenvalue weighted by Crippen LogP contribution is -2.20. The molecule has 5 heteroatoms. The van der Waals surface area contributed by atoms with Gasteiger partial charge < -0.3 is 5.73 Å². The van der Waals surface area contributed by atoms with E-state index in [9.17, 15) is 0 Å². The third kappa shape index (κ3) is 2.78. The average molecular weight is 314 g/mol. The van der Waals surface area contributed by atoms with Crippen LogP contribution in [0.3, 0.4) is 0 Å². The van der Waals surface area contributed by atoms with E-state index in [0.717, 1.165) is 16.6 Å². The summed E-state index contributed by atoms with van der Waals surface area (Å²) in [6.07, 6.45) is 2.67. The Morgan fingerprint density at radius 1 is 1.53 bits per heavy atom. The van der Waals surface area contributed by atoms with E-state index in [-0.39, 0.29) is 6.04 Å². The maximum absolute atomic E-state index is 6.28. The van der Waals surface area contributed by atoms with Gasteiger partial charge >= 0.3 is 0 Å². The molecular formula is C12H16BrN3S. The van der Waals surface area contributed by atoms with Crippen LogP contribution in [0, 0.1) is 0 Å². The summed E-state index contributed by atoms with van der Waals surface area (Å²) in [6.45, 7) is 4.22. The van der Waals surface area contributed by atoms with Crippen LogP contribution in [0.1, 0.15) is 37.2 Å². The minimum Gasteiger partial charge on any atom is -0.322 e. The normalized spacial score (nSPS) is 13.2. The van der Waals surface area contributed by atoms with E-state index >= 15 is 0 Å². The van der Waals surface area contributed by atoms with Gasteiger partial charge in [0.05, 0.1) is 22.4 Å². The first-order valence-corrected chi connectivity index (χ1v) is 7.32. The molecule has 0 fully saturated rings. The Kier molecular flexibility index (Phi) is 4.01. The maximum Gasteiger partial charge on any atom is 0.0699 e. The van der Waals surface area contributed by atoms with Crippen LogP contribution in [0.15, 0.2) is 27.5 Å². The van der Waals surface area contributed by atoms with Crippen LogP contribution in [-0.4, -0.2) is 9.78 Å². The van der Waals surface area contributed by atoms with Gasteiger partial charge in [0.15, 0.2) is 0 Å². The highest BCUT2D eigenvalue weighted by atomic mass is 79.9. The molecule has 0 bridgehead atoms. The molecule has 0 aliphatic carbocycles. The molecule has 0 aromatic carbocycles. The molecule has 0 radical (unpaired) electrons. The van der Waals surface area contributed by atoms with Crippen LogP contribution in [-0.2, 0) is 6.42 Å². The fraction of sp³-hybridized carbons (Fsp3) is 0.417. The summed E-state index contributed by atoms with van der Waals surface area (Å²) in [5, 5.41) is 8.58. The number of rotatable bonds is 4. The Labute approximate surface area is 114 Å². The lowest BCUT2D eigenvalue weighted by molar-refractivity contribution is 0.484. The van der Waals surface area contributed by atoms with Gasteiger partial charge in [-0.3, -0.25) is 4.68 Å². The number of nitrogens with two attached hydrogens (primary N) is 1. The molecule has 2 aromatic heterocycles. The van der Waals surface area contributed by atoms with Gasteiger partial charge in [0, 0.05) is 6.04 Å². The van der Waals surface area contributed by atoms with Crippen molar-refractivity contribution in [3.05, 3.63) is 38.8 Å².